The molecule has 1 N–H and O–H groups in total. The first-order chi connectivity index (χ1) is 17.5. The van der Waals surface area contributed by atoms with Crippen LogP contribution < -0.4 is 16.0 Å². The van der Waals surface area contributed by atoms with Crippen LogP contribution in [0.3, 0.4) is 0 Å². The summed E-state index contributed by atoms with van der Waals surface area (Å²) in [4.78, 5) is 30.9. The molecule has 2 heterocycles. The number of ether oxygens (including phenoxy) is 1. The monoisotopic (exact) mass is 552 g/mol. The maximum atomic E-state index is 13.5. The molecule has 4 rings (SSSR count). The number of halogens is 4. The summed E-state index contributed by atoms with van der Waals surface area (Å²) in [7, 11) is 1.51. The van der Waals surface area contributed by atoms with Gasteiger partial charge in [0.1, 0.15) is 11.6 Å². The quantitative estimate of drug-likeness (QED) is 0.335. The SMILES string of the molecule is Cn1c(=O)n(CCCO)c(=O)c2c1nc(Cc1cc(Cl)cc(OC(C)(F)F)c1)n2Cc1ccc(Cl)cc1. The number of aromatic nitrogens is 4. The van der Waals surface area contributed by atoms with Gasteiger partial charge in [0.25, 0.3) is 5.56 Å². The Bertz CT molecular complexity index is 1560. The van der Waals surface area contributed by atoms with Crippen LogP contribution in [0.4, 0.5) is 8.78 Å². The highest BCUT2D eigenvalue weighted by molar-refractivity contribution is 6.31. The van der Waals surface area contributed by atoms with Gasteiger partial charge in [-0.15, -0.1) is 0 Å². The smallest absolute Gasteiger partial charge is 0.394 e. The van der Waals surface area contributed by atoms with E-state index in [1.165, 1.54) is 23.7 Å². The third kappa shape index (κ3) is 6.03. The van der Waals surface area contributed by atoms with Crippen molar-refractivity contribution in [3.05, 3.63) is 90.3 Å². The molecule has 0 saturated carbocycles. The molecular formula is C25H24Cl2F2N4O4. The molecule has 0 saturated heterocycles. The number of imidazole rings is 1. The van der Waals surface area contributed by atoms with Gasteiger partial charge in [-0.3, -0.25) is 13.9 Å². The molecule has 0 bridgehead atoms. The zero-order valence-corrected chi connectivity index (χ0v) is 21.6. The van der Waals surface area contributed by atoms with Crippen LogP contribution in [0, 0.1) is 0 Å². The summed E-state index contributed by atoms with van der Waals surface area (Å²) in [5, 5.41) is 9.97. The second kappa shape index (κ2) is 10.6. The number of benzene rings is 2. The Morgan fingerprint density at radius 2 is 1.73 bits per heavy atom. The highest BCUT2D eigenvalue weighted by Crippen LogP contribution is 2.28. The number of fused-ring (bicyclic) bond motifs is 1. The second-order valence-corrected chi connectivity index (χ2v) is 9.54. The van der Waals surface area contributed by atoms with E-state index in [0.717, 1.165) is 10.1 Å². The fraction of sp³-hybridized carbons (Fsp3) is 0.320. The number of rotatable bonds is 9. The van der Waals surface area contributed by atoms with Gasteiger partial charge in [-0.1, -0.05) is 35.3 Å². The van der Waals surface area contributed by atoms with Crippen LogP contribution in [0.25, 0.3) is 11.2 Å². The molecule has 0 aliphatic heterocycles. The normalized spacial score (nSPS) is 11.9. The maximum absolute atomic E-state index is 13.5. The molecule has 0 amide bonds. The van der Waals surface area contributed by atoms with Crippen LogP contribution in [-0.2, 0) is 26.6 Å². The predicted molar refractivity (Wildman–Crippen MR) is 137 cm³/mol. The van der Waals surface area contributed by atoms with Gasteiger partial charge in [-0.05, 0) is 47.9 Å². The highest BCUT2D eigenvalue weighted by atomic mass is 35.5. The minimum atomic E-state index is -3.40. The summed E-state index contributed by atoms with van der Waals surface area (Å²) in [5.41, 5.74) is 0.615. The third-order valence-corrected chi connectivity index (χ3v) is 6.17. The Morgan fingerprint density at radius 3 is 2.38 bits per heavy atom. The Kier molecular flexibility index (Phi) is 7.72. The molecular weight excluding hydrogens is 529 g/mol. The molecule has 2 aromatic heterocycles. The summed E-state index contributed by atoms with van der Waals surface area (Å²) in [6.45, 7) is 0.716. The van der Waals surface area contributed by atoms with Gasteiger partial charge in [0, 0.05) is 50.1 Å². The second-order valence-electron chi connectivity index (χ2n) is 8.67. The zero-order chi connectivity index (χ0) is 26.9. The van der Waals surface area contributed by atoms with Crippen LogP contribution in [0.1, 0.15) is 30.3 Å². The average Bonchev–Trinajstić information content (AvgIpc) is 3.15. The van der Waals surface area contributed by atoms with Gasteiger partial charge < -0.3 is 14.4 Å². The average molecular weight is 553 g/mol. The molecule has 4 aromatic rings. The number of aliphatic hydroxyl groups excluding tert-OH is 1. The highest BCUT2D eigenvalue weighted by Gasteiger charge is 2.24. The third-order valence-electron chi connectivity index (χ3n) is 5.70. The number of hydrogen-bond donors (Lipinski definition) is 1. The predicted octanol–water partition coefficient (Wildman–Crippen LogP) is 4.22. The van der Waals surface area contributed by atoms with E-state index in [1.54, 1.807) is 34.9 Å². The Hall–Kier alpha value is -3.21. The van der Waals surface area contributed by atoms with Crippen molar-refractivity contribution in [2.45, 2.75) is 39.0 Å². The molecule has 0 radical (unpaired) electrons. The van der Waals surface area contributed by atoms with Crippen LogP contribution in [0.5, 0.6) is 5.75 Å². The lowest BCUT2D eigenvalue weighted by atomic mass is 10.1. The molecule has 196 valence electrons. The molecule has 8 nitrogen and oxygen atoms in total. The molecule has 0 atom stereocenters. The van der Waals surface area contributed by atoms with Gasteiger partial charge in [0.05, 0.1) is 0 Å². The molecule has 0 fully saturated rings. The fourth-order valence-corrected chi connectivity index (χ4v) is 4.47. The van der Waals surface area contributed by atoms with Crippen molar-refractivity contribution in [2.24, 2.45) is 7.05 Å². The Labute approximate surface area is 220 Å². The Morgan fingerprint density at radius 1 is 1.03 bits per heavy atom. The lowest BCUT2D eigenvalue weighted by Crippen LogP contribution is -2.40. The summed E-state index contributed by atoms with van der Waals surface area (Å²) in [6, 6.07) is 11.3. The Balaban J connectivity index is 1.89. The van der Waals surface area contributed by atoms with Crippen LogP contribution in [0.2, 0.25) is 10.0 Å². The zero-order valence-electron chi connectivity index (χ0n) is 20.0. The van der Waals surface area contributed by atoms with Gasteiger partial charge >= 0.3 is 11.8 Å². The number of nitrogens with zero attached hydrogens (tertiary/aromatic N) is 4. The number of alkyl halides is 2. The van der Waals surface area contributed by atoms with E-state index in [1.807, 2.05) is 0 Å². The largest absolute Gasteiger partial charge is 0.433 e. The summed E-state index contributed by atoms with van der Waals surface area (Å²) in [6.07, 6.45) is -3.06. The van der Waals surface area contributed by atoms with Crippen molar-refractivity contribution in [3.63, 3.8) is 0 Å². The van der Waals surface area contributed by atoms with E-state index in [2.05, 4.69) is 9.72 Å². The molecule has 0 unspecified atom stereocenters. The molecule has 2 aromatic carbocycles. The molecule has 0 spiro atoms. The van der Waals surface area contributed by atoms with E-state index in [0.29, 0.717) is 23.3 Å². The van der Waals surface area contributed by atoms with Crippen LogP contribution in [-0.4, -0.2) is 36.5 Å². The van der Waals surface area contributed by atoms with Gasteiger partial charge in [0.15, 0.2) is 11.2 Å². The van der Waals surface area contributed by atoms with Crippen molar-refractivity contribution >= 4 is 34.4 Å². The van der Waals surface area contributed by atoms with E-state index >= 15 is 0 Å². The van der Waals surface area contributed by atoms with Crippen molar-refractivity contribution in [2.75, 3.05) is 6.61 Å². The molecule has 0 aliphatic carbocycles. The van der Waals surface area contributed by atoms with Crippen molar-refractivity contribution in [1.29, 1.82) is 0 Å². The van der Waals surface area contributed by atoms with E-state index < -0.39 is 17.4 Å². The molecule has 37 heavy (non-hydrogen) atoms. The minimum absolute atomic E-state index is 0.0413. The van der Waals surface area contributed by atoms with E-state index in [4.69, 9.17) is 23.2 Å². The lowest BCUT2D eigenvalue weighted by molar-refractivity contribution is -0.158. The molecule has 12 heteroatoms. The fourth-order valence-electron chi connectivity index (χ4n) is 4.09. The van der Waals surface area contributed by atoms with E-state index in [-0.39, 0.29) is 54.5 Å². The first kappa shape index (κ1) is 26.8. The first-order valence-corrected chi connectivity index (χ1v) is 12.1. The van der Waals surface area contributed by atoms with Crippen molar-refractivity contribution < 1.29 is 18.6 Å². The van der Waals surface area contributed by atoms with Crippen molar-refractivity contribution in [1.82, 2.24) is 18.7 Å². The molecule has 0 aliphatic rings. The summed E-state index contributed by atoms with van der Waals surface area (Å²) in [5.74, 6) is 0.294. The van der Waals surface area contributed by atoms with Crippen LogP contribution >= 0.6 is 23.2 Å². The van der Waals surface area contributed by atoms with Gasteiger partial charge in [-0.25, -0.2) is 9.78 Å². The number of hydrogen-bond acceptors (Lipinski definition) is 5. The van der Waals surface area contributed by atoms with E-state index in [9.17, 15) is 23.5 Å². The van der Waals surface area contributed by atoms with Crippen LogP contribution in [0.15, 0.2) is 52.1 Å². The minimum Gasteiger partial charge on any atom is -0.433 e. The summed E-state index contributed by atoms with van der Waals surface area (Å²) >= 11 is 12.2. The lowest BCUT2D eigenvalue weighted by Gasteiger charge is -2.15. The standard InChI is InChI=1S/C25H24Cl2F2N4O4/c1-25(28,29)37-19-11-16(10-18(27)13-19)12-20-30-22-21(33(20)14-15-4-6-17(26)7-5-15)23(35)32(8-3-9-34)24(36)31(22)2/h4-7,10-11,13,34H,3,8-9,12,14H2,1-2H3. The maximum Gasteiger partial charge on any atom is 0.394 e. The number of aliphatic hydroxyl groups is 1. The first-order valence-electron chi connectivity index (χ1n) is 11.4. The number of aryl methyl sites for hydroxylation is 1. The van der Waals surface area contributed by atoms with Gasteiger partial charge in [-0.2, -0.15) is 8.78 Å². The summed E-state index contributed by atoms with van der Waals surface area (Å²) < 4.78 is 35.6. The topological polar surface area (TPSA) is 91.3 Å². The van der Waals surface area contributed by atoms with Crippen molar-refractivity contribution in [3.8, 4) is 5.75 Å². The van der Waals surface area contributed by atoms with Gasteiger partial charge in [0.2, 0.25) is 0 Å².